The molecule has 3 heterocycles. The Bertz CT molecular complexity index is 1520. The predicted molar refractivity (Wildman–Crippen MR) is 138 cm³/mol. The number of aromatic amines is 1. The maximum absolute atomic E-state index is 13.6. The van der Waals surface area contributed by atoms with Crippen molar-refractivity contribution in [1.29, 1.82) is 0 Å². The molecule has 2 amide bonds. The Kier molecular flexibility index (Phi) is 5.67. The third kappa shape index (κ3) is 4.17. The number of para-hydroxylation sites is 1. The third-order valence-electron chi connectivity index (χ3n) is 7.60. The fraction of sp³-hybridized carbons (Fsp3) is 0.286. The van der Waals surface area contributed by atoms with Gasteiger partial charge in [-0.3, -0.25) is 14.3 Å². The van der Waals surface area contributed by atoms with Crippen LogP contribution in [0.4, 0.5) is 0 Å². The standard InChI is InChI=1S/C28H27N5O5/c1-31(28(10-11-28)17-38-20-8-6-18(7-9-20)27(36)37)25(34)21-15-29-33-13-12-32(16-24(21)33)26(35)23-14-19-4-2-3-5-22(19)30-23/h2-9,14-15,30H,10-13,16-17H2,1H3,(H,36,37). The first-order valence-corrected chi connectivity index (χ1v) is 12.5. The molecular formula is C28H27N5O5. The van der Waals surface area contributed by atoms with Crippen LogP contribution < -0.4 is 4.74 Å². The Morgan fingerprint density at radius 1 is 1.11 bits per heavy atom. The summed E-state index contributed by atoms with van der Waals surface area (Å²) in [6, 6.07) is 15.8. The lowest BCUT2D eigenvalue weighted by Crippen LogP contribution is -2.44. The molecule has 1 aliphatic carbocycles. The molecule has 2 aromatic heterocycles. The number of ether oxygens (including phenoxy) is 1. The monoisotopic (exact) mass is 513 g/mol. The molecule has 0 atom stereocenters. The van der Waals surface area contributed by atoms with Crippen LogP contribution in [0.3, 0.4) is 0 Å². The molecule has 2 aliphatic rings. The van der Waals surface area contributed by atoms with E-state index < -0.39 is 11.5 Å². The minimum absolute atomic E-state index is 0.110. The number of carboxylic acids is 1. The van der Waals surface area contributed by atoms with E-state index in [9.17, 15) is 14.4 Å². The van der Waals surface area contributed by atoms with Crippen molar-refractivity contribution < 1.29 is 24.2 Å². The van der Waals surface area contributed by atoms with Crippen LogP contribution in [-0.2, 0) is 13.1 Å². The Morgan fingerprint density at radius 2 is 1.87 bits per heavy atom. The molecule has 2 N–H and O–H groups in total. The normalized spacial score (nSPS) is 15.7. The summed E-state index contributed by atoms with van der Waals surface area (Å²) in [6.07, 6.45) is 3.19. The van der Waals surface area contributed by atoms with E-state index in [0.29, 0.717) is 43.2 Å². The van der Waals surface area contributed by atoms with Crippen LogP contribution in [0.15, 0.2) is 60.8 Å². The molecule has 6 rings (SSSR count). The van der Waals surface area contributed by atoms with Gasteiger partial charge >= 0.3 is 5.97 Å². The lowest BCUT2D eigenvalue weighted by atomic mass is 10.1. The average molecular weight is 514 g/mol. The van der Waals surface area contributed by atoms with E-state index >= 15 is 0 Å². The summed E-state index contributed by atoms with van der Waals surface area (Å²) in [5.74, 6) is -0.710. The average Bonchev–Trinajstić information content (AvgIpc) is 3.41. The summed E-state index contributed by atoms with van der Waals surface area (Å²) in [7, 11) is 1.77. The highest BCUT2D eigenvalue weighted by Crippen LogP contribution is 2.42. The zero-order valence-corrected chi connectivity index (χ0v) is 20.9. The van der Waals surface area contributed by atoms with Gasteiger partial charge in [0.1, 0.15) is 18.1 Å². The number of benzene rings is 2. The number of carboxylic acid groups (broad SMARTS) is 1. The van der Waals surface area contributed by atoms with Gasteiger partial charge in [0.2, 0.25) is 0 Å². The molecule has 10 heteroatoms. The van der Waals surface area contributed by atoms with Crippen LogP contribution in [0.25, 0.3) is 10.9 Å². The van der Waals surface area contributed by atoms with Gasteiger partial charge in [0.05, 0.1) is 41.6 Å². The first-order valence-electron chi connectivity index (χ1n) is 12.5. The van der Waals surface area contributed by atoms with Crippen LogP contribution >= 0.6 is 0 Å². The number of amides is 2. The van der Waals surface area contributed by atoms with E-state index in [0.717, 1.165) is 29.4 Å². The minimum Gasteiger partial charge on any atom is -0.491 e. The summed E-state index contributed by atoms with van der Waals surface area (Å²) in [6.45, 7) is 1.61. The molecule has 1 saturated carbocycles. The van der Waals surface area contributed by atoms with Crippen molar-refractivity contribution in [3.8, 4) is 5.75 Å². The Hall–Kier alpha value is -4.60. The number of carbonyl (C=O) groups is 3. The summed E-state index contributed by atoms with van der Waals surface area (Å²) in [5, 5.41) is 14.5. The highest BCUT2D eigenvalue weighted by molar-refractivity contribution is 5.99. The second-order valence-corrected chi connectivity index (χ2v) is 9.93. The van der Waals surface area contributed by atoms with Crippen LogP contribution in [0.5, 0.6) is 5.75 Å². The summed E-state index contributed by atoms with van der Waals surface area (Å²) in [5.41, 5.74) is 2.39. The van der Waals surface area contributed by atoms with E-state index in [1.54, 1.807) is 39.9 Å². The third-order valence-corrected chi connectivity index (χ3v) is 7.60. The van der Waals surface area contributed by atoms with Gasteiger partial charge in [-0.05, 0) is 49.2 Å². The number of hydrogen-bond acceptors (Lipinski definition) is 5. The first-order chi connectivity index (χ1) is 18.3. The molecule has 4 aromatic rings. The fourth-order valence-electron chi connectivity index (χ4n) is 4.98. The lowest BCUT2D eigenvalue weighted by molar-refractivity contribution is 0.0625. The SMILES string of the molecule is CN(C(=O)c1cnn2c1CN(C(=O)c1cc3ccccc3[nH]1)CC2)C1(COc2ccc(C(=O)O)cc2)CC1. The number of aromatic carboxylic acids is 1. The number of rotatable bonds is 7. The molecule has 0 bridgehead atoms. The Morgan fingerprint density at radius 3 is 2.58 bits per heavy atom. The zero-order valence-electron chi connectivity index (χ0n) is 20.9. The van der Waals surface area contributed by atoms with Crippen molar-refractivity contribution in [2.75, 3.05) is 20.2 Å². The number of H-pyrrole nitrogens is 1. The van der Waals surface area contributed by atoms with E-state index in [4.69, 9.17) is 9.84 Å². The number of nitrogens with zero attached hydrogens (tertiary/aromatic N) is 4. The van der Waals surface area contributed by atoms with E-state index in [1.165, 1.54) is 12.1 Å². The topological polar surface area (TPSA) is 121 Å². The molecule has 2 aromatic carbocycles. The van der Waals surface area contributed by atoms with Crippen LogP contribution in [0.2, 0.25) is 0 Å². The molecule has 1 aliphatic heterocycles. The summed E-state index contributed by atoms with van der Waals surface area (Å²) >= 11 is 0. The maximum Gasteiger partial charge on any atom is 0.335 e. The van der Waals surface area contributed by atoms with E-state index in [1.807, 2.05) is 30.3 Å². The van der Waals surface area contributed by atoms with Crippen molar-refractivity contribution in [1.82, 2.24) is 24.6 Å². The molecule has 0 unspecified atom stereocenters. The summed E-state index contributed by atoms with van der Waals surface area (Å²) in [4.78, 5) is 44.6. The van der Waals surface area contributed by atoms with Gasteiger partial charge in [-0.2, -0.15) is 5.10 Å². The molecule has 0 saturated heterocycles. The van der Waals surface area contributed by atoms with Crippen LogP contribution in [-0.4, -0.2) is 73.2 Å². The maximum atomic E-state index is 13.6. The molecular weight excluding hydrogens is 486 g/mol. The van der Waals surface area contributed by atoms with Crippen molar-refractivity contribution in [2.24, 2.45) is 0 Å². The van der Waals surface area contributed by atoms with Crippen LogP contribution in [0, 0.1) is 0 Å². The number of nitrogens with one attached hydrogen (secondary N) is 1. The van der Waals surface area contributed by atoms with E-state index in [2.05, 4.69) is 10.1 Å². The van der Waals surface area contributed by atoms with Crippen molar-refractivity contribution in [3.63, 3.8) is 0 Å². The van der Waals surface area contributed by atoms with E-state index in [-0.39, 0.29) is 17.4 Å². The Balaban J connectivity index is 1.15. The number of carbonyl (C=O) groups excluding carboxylic acids is 2. The van der Waals surface area contributed by atoms with Gasteiger partial charge in [0.25, 0.3) is 11.8 Å². The smallest absolute Gasteiger partial charge is 0.335 e. The second-order valence-electron chi connectivity index (χ2n) is 9.93. The number of likely N-dealkylation sites (N-methyl/N-ethyl adjacent to an activating group) is 1. The molecule has 0 spiro atoms. The number of fused-ring (bicyclic) bond motifs is 2. The van der Waals surface area contributed by atoms with Gasteiger partial charge < -0.3 is 24.6 Å². The second kappa shape index (κ2) is 9.05. The highest BCUT2D eigenvalue weighted by Gasteiger charge is 2.50. The van der Waals surface area contributed by atoms with Crippen molar-refractivity contribution >= 4 is 28.7 Å². The molecule has 0 radical (unpaired) electrons. The molecule has 10 nitrogen and oxygen atoms in total. The lowest BCUT2D eigenvalue weighted by Gasteiger charge is -2.30. The van der Waals surface area contributed by atoms with Gasteiger partial charge in [-0.1, -0.05) is 18.2 Å². The highest BCUT2D eigenvalue weighted by atomic mass is 16.5. The predicted octanol–water partition coefficient (Wildman–Crippen LogP) is 3.40. The van der Waals surface area contributed by atoms with Crippen LogP contribution in [0.1, 0.15) is 49.7 Å². The largest absolute Gasteiger partial charge is 0.491 e. The fourth-order valence-corrected chi connectivity index (χ4v) is 4.98. The minimum atomic E-state index is -0.994. The van der Waals surface area contributed by atoms with Gasteiger partial charge in [-0.15, -0.1) is 0 Å². The summed E-state index contributed by atoms with van der Waals surface area (Å²) < 4.78 is 7.73. The molecule has 38 heavy (non-hydrogen) atoms. The van der Waals surface area contributed by atoms with Crippen molar-refractivity contribution in [2.45, 2.75) is 31.5 Å². The van der Waals surface area contributed by atoms with Gasteiger partial charge in [-0.25, -0.2) is 4.79 Å². The first kappa shape index (κ1) is 23.8. The van der Waals surface area contributed by atoms with Crippen molar-refractivity contribution in [3.05, 3.63) is 83.3 Å². The number of hydrogen-bond donors (Lipinski definition) is 2. The number of aromatic nitrogens is 3. The Labute approximate surface area is 218 Å². The quantitative estimate of drug-likeness (QED) is 0.391. The molecule has 194 valence electrons. The molecule has 1 fully saturated rings. The van der Waals surface area contributed by atoms with Gasteiger partial charge in [0, 0.05) is 24.5 Å². The zero-order chi connectivity index (χ0) is 26.4. The van der Waals surface area contributed by atoms with Gasteiger partial charge in [0.15, 0.2) is 0 Å².